The summed E-state index contributed by atoms with van der Waals surface area (Å²) in [5.41, 5.74) is 1.14. The molecule has 0 fully saturated rings. The second kappa shape index (κ2) is 5.95. The molecule has 2 rings (SSSR count). The summed E-state index contributed by atoms with van der Waals surface area (Å²) < 4.78 is 31.9. The molecule has 0 radical (unpaired) electrons. The number of aliphatic hydroxyl groups is 1. The number of nitrogens with one attached hydrogen (secondary N) is 1. The lowest BCUT2D eigenvalue weighted by Crippen LogP contribution is -2.14. The Morgan fingerprint density at radius 1 is 1.33 bits per heavy atom. The maximum atomic E-state index is 12.3. The molecule has 0 aliphatic heterocycles. The monoisotopic (exact) mass is 307 g/mol. The summed E-state index contributed by atoms with van der Waals surface area (Å²) >= 11 is 0. The van der Waals surface area contributed by atoms with E-state index in [-0.39, 0.29) is 29.0 Å². The highest BCUT2D eigenvalue weighted by Gasteiger charge is 2.20. The van der Waals surface area contributed by atoms with Gasteiger partial charge in [0.25, 0.3) is 10.0 Å². The van der Waals surface area contributed by atoms with Crippen molar-refractivity contribution < 1.29 is 17.9 Å². The van der Waals surface area contributed by atoms with Gasteiger partial charge in [0.2, 0.25) is 5.89 Å². The Bertz CT molecular complexity index is 815. The number of sulfonamides is 1. The van der Waals surface area contributed by atoms with Crippen LogP contribution in [-0.2, 0) is 10.0 Å². The van der Waals surface area contributed by atoms with Gasteiger partial charge in [0, 0.05) is 12.5 Å². The Kier molecular flexibility index (Phi) is 4.26. The summed E-state index contributed by atoms with van der Waals surface area (Å²) in [5.74, 6) is 5.30. The van der Waals surface area contributed by atoms with Crippen LogP contribution in [0, 0.1) is 25.7 Å². The molecule has 0 spiro atoms. The Morgan fingerprint density at radius 3 is 2.71 bits per heavy atom. The molecule has 1 aromatic heterocycles. The van der Waals surface area contributed by atoms with Crippen LogP contribution >= 0.6 is 0 Å². The van der Waals surface area contributed by atoms with Gasteiger partial charge in [-0.1, -0.05) is 23.0 Å². The molecule has 0 unspecified atom stereocenters. The normalized spacial score (nSPS) is 10.8. The zero-order chi connectivity index (χ0) is 15.5. The van der Waals surface area contributed by atoms with E-state index in [1.807, 2.05) is 6.92 Å². The van der Waals surface area contributed by atoms with E-state index in [1.165, 1.54) is 6.07 Å². The first-order chi connectivity index (χ1) is 9.92. The predicted octanol–water partition coefficient (Wildman–Crippen LogP) is 0.831. The van der Waals surface area contributed by atoms with Gasteiger partial charge in [-0.15, -0.1) is 5.10 Å². The lowest BCUT2D eigenvalue weighted by Gasteiger charge is -2.07. The molecule has 0 aliphatic carbocycles. The van der Waals surface area contributed by atoms with E-state index in [9.17, 15) is 8.42 Å². The van der Waals surface area contributed by atoms with Gasteiger partial charge >= 0.3 is 6.01 Å². The third-order valence-electron chi connectivity index (χ3n) is 2.47. The van der Waals surface area contributed by atoms with Crippen molar-refractivity contribution in [3.63, 3.8) is 0 Å². The fraction of sp³-hybridized carbons (Fsp3) is 0.231. The van der Waals surface area contributed by atoms with Crippen molar-refractivity contribution in [1.29, 1.82) is 0 Å². The van der Waals surface area contributed by atoms with Gasteiger partial charge in [0.15, 0.2) is 0 Å². The summed E-state index contributed by atoms with van der Waals surface area (Å²) in [6, 6.07) is 4.49. The lowest BCUT2D eigenvalue weighted by atomic mass is 10.1. The minimum absolute atomic E-state index is 0.0232. The third kappa shape index (κ3) is 3.59. The Balaban J connectivity index is 2.44. The molecule has 0 atom stereocenters. The maximum Gasteiger partial charge on any atom is 0.329 e. The molecule has 0 amide bonds. The quantitative estimate of drug-likeness (QED) is 0.814. The van der Waals surface area contributed by atoms with E-state index < -0.39 is 10.0 Å². The van der Waals surface area contributed by atoms with Gasteiger partial charge in [-0.25, -0.2) is 13.1 Å². The Morgan fingerprint density at radius 2 is 2.10 bits per heavy atom. The van der Waals surface area contributed by atoms with Gasteiger partial charge in [-0.05, 0) is 24.6 Å². The standard InChI is InChI=1S/C13H13N3O4S/c1-9-5-6-12(11(8-9)4-3-7-17)21(18,19)16-13-15-14-10(2)20-13/h5-6,8,17H,7H2,1-2H3,(H,15,16). The van der Waals surface area contributed by atoms with E-state index in [0.29, 0.717) is 0 Å². The van der Waals surface area contributed by atoms with E-state index in [4.69, 9.17) is 9.52 Å². The van der Waals surface area contributed by atoms with Crippen molar-refractivity contribution in [2.45, 2.75) is 18.7 Å². The molecule has 0 saturated heterocycles. The van der Waals surface area contributed by atoms with Gasteiger partial charge in [-0.3, -0.25) is 0 Å². The zero-order valence-corrected chi connectivity index (χ0v) is 12.2. The highest BCUT2D eigenvalue weighted by Crippen LogP contribution is 2.19. The average Bonchev–Trinajstić information content (AvgIpc) is 2.80. The van der Waals surface area contributed by atoms with E-state index in [2.05, 4.69) is 26.8 Å². The molecule has 1 heterocycles. The third-order valence-corrected chi connectivity index (χ3v) is 3.85. The summed E-state index contributed by atoms with van der Waals surface area (Å²) in [4.78, 5) is -0.0232. The number of anilines is 1. The van der Waals surface area contributed by atoms with Gasteiger partial charge in [-0.2, -0.15) is 0 Å². The van der Waals surface area contributed by atoms with Crippen molar-refractivity contribution >= 4 is 16.0 Å². The van der Waals surface area contributed by atoms with Crippen molar-refractivity contribution in [1.82, 2.24) is 10.2 Å². The first-order valence-electron chi connectivity index (χ1n) is 5.95. The van der Waals surface area contributed by atoms with Crippen LogP contribution in [0.25, 0.3) is 0 Å². The zero-order valence-electron chi connectivity index (χ0n) is 11.4. The molecule has 8 heteroatoms. The Hall–Kier alpha value is -2.37. The molecule has 21 heavy (non-hydrogen) atoms. The van der Waals surface area contributed by atoms with Crippen LogP contribution in [0.2, 0.25) is 0 Å². The highest BCUT2D eigenvalue weighted by atomic mass is 32.2. The van der Waals surface area contributed by atoms with Crippen molar-refractivity contribution in [3.05, 3.63) is 35.2 Å². The van der Waals surface area contributed by atoms with E-state index >= 15 is 0 Å². The molecule has 0 saturated carbocycles. The van der Waals surface area contributed by atoms with E-state index in [0.717, 1.165) is 5.56 Å². The number of aryl methyl sites for hydroxylation is 2. The fourth-order valence-electron chi connectivity index (χ4n) is 1.62. The predicted molar refractivity (Wildman–Crippen MR) is 75.0 cm³/mol. The summed E-state index contributed by atoms with van der Waals surface area (Å²) in [7, 11) is -3.91. The highest BCUT2D eigenvalue weighted by molar-refractivity contribution is 7.92. The average molecular weight is 307 g/mol. The lowest BCUT2D eigenvalue weighted by molar-refractivity contribution is 0.350. The van der Waals surface area contributed by atoms with Crippen LogP contribution in [0.1, 0.15) is 17.0 Å². The first-order valence-corrected chi connectivity index (χ1v) is 7.44. The Labute approximate surface area is 122 Å². The number of benzene rings is 1. The molecule has 1 aromatic carbocycles. The second-order valence-corrected chi connectivity index (χ2v) is 5.84. The fourth-order valence-corrected chi connectivity index (χ4v) is 2.69. The van der Waals surface area contributed by atoms with Crippen LogP contribution in [0.3, 0.4) is 0 Å². The number of aromatic nitrogens is 2. The van der Waals surface area contributed by atoms with Gasteiger partial charge in [0.1, 0.15) is 11.5 Å². The van der Waals surface area contributed by atoms with Crippen molar-refractivity contribution in [3.8, 4) is 11.8 Å². The molecule has 2 aromatic rings. The van der Waals surface area contributed by atoms with Crippen molar-refractivity contribution in [2.75, 3.05) is 11.3 Å². The molecule has 2 N–H and O–H groups in total. The van der Waals surface area contributed by atoms with Crippen molar-refractivity contribution in [2.24, 2.45) is 0 Å². The molecular weight excluding hydrogens is 294 g/mol. The van der Waals surface area contributed by atoms with Crippen LogP contribution < -0.4 is 4.72 Å². The topological polar surface area (TPSA) is 105 Å². The number of hydrogen-bond acceptors (Lipinski definition) is 6. The maximum absolute atomic E-state index is 12.3. The molecule has 110 valence electrons. The largest absolute Gasteiger partial charge is 0.408 e. The van der Waals surface area contributed by atoms with E-state index in [1.54, 1.807) is 19.1 Å². The van der Waals surface area contributed by atoms with Gasteiger partial charge < -0.3 is 9.52 Å². The summed E-state index contributed by atoms with van der Waals surface area (Å²) in [5, 5.41) is 15.9. The van der Waals surface area contributed by atoms with Gasteiger partial charge in [0.05, 0.1) is 0 Å². The van der Waals surface area contributed by atoms with Crippen LogP contribution in [0.5, 0.6) is 0 Å². The minimum atomic E-state index is -3.91. The number of aliphatic hydroxyl groups excluding tert-OH is 1. The second-order valence-electron chi connectivity index (χ2n) is 4.19. The summed E-state index contributed by atoms with van der Waals surface area (Å²) in [6.45, 7) is 3.01. The number of rotatable bonds is 3. The van der Waals surface area contributed by atoms with Crippen LogP contribution in [-0.4, -0.2) is 30.3 Å². The molecule has 0 bridgehead atoms. The van der Waals surface area contributed by atoms with Crippen LogP contribution in [0.4, 0.5) is 6.01 Å². The molecule has 7 nitrogen and oxygen atoms in total. The minimum Gasteiger partial charge on any atom is -0.408 e. The summed E-state index contributed by atoms with van der Waals surface area (Å²) in [6.07, 6.45) is 0. The molecule has 0 aliphatic rings. The molecular formula is C13H13N3O4S. The smallest absolute Gasteiger partial charge is 0.329 e. The number of nitrogens with zero attached hydrogens (tertiary/aromatic N) is 2. The van der Waals surface area contributed by atoms with Crippen LogP contribution in [0.15, 0.2) is 27.5 Å². The first kappa shape index (κ1) is 15.0. The SMILES string of the molecule is Cc1ccc(S(=O)(=O)Nc2nnc(C)o2)c(C#CCO)c1. The number of hydrogen-bond donors (Lipinski definition) is 2.